The molecule has 2 saturated heterocycles. The quantitative estimate of drug-likeness (QED) is 0.748. The average Bonchev–Trinajstić information content (AvgIpc) is 3.36. The van der Waals surface area contributed by atoms with Crippen LogP contribution < -0.4 is 5.32 Å². The molecule has 7 nitrogen and oxygen atoms in total. The van der Waals surface area contributed by atoms with Crippen LogP contribution in [-0.2, 0) is 0 Å². The lowest BCUT2D eigenvalue weighted by Crippen LogP contribution is -2.32. The van der Waals surface area contributed by atoms with Crippen molar-refractivity contribution in [3.63, 3.8) is 0 Å². The molecule has 0 aliphatic carbocycles. The number of anilines is 2. The number of H-pyrrole nitrogens is 1. The van der Waals surface area contributed by atoms with Crippen LogP contribution in [0.1, 0.15) is 10.5 Å². The first-order valence-corrected chi connectivity index (χ1v) is 9.31. The van der Waals surface area contributed by atoms with Gasteiger partial charge in [0.25, 0.3) is 5.91 Å². The molecule has 3 aromatic rings. The molecule has 0 spiro atoms. The molecule has 2 fully saturated rings. The third kappa shape index (κ3) is 3.04. The summed E-state index contributed by atoms with van der Waals surface area (Å²) in [5, 5.41) is 4.18. The van der Waals surface area contributed by atoms with Crippen molar-refractivity contribution in [2.75, 3.05) is 38.5 Å². The first-order valence-electron chi connectivity index (χ1n) is 9.31. The molecule has 0 bridgehead atoms. The minimum Gasteiger partial charge on any atom is -0.355 e. The van der Waals surface area contributed by atoms with Crippen molar-refractivity contribution in [2.24, 2.45) is 11.8 Å². The van der Waals surface area contributed by atoms with E-state index < -0.39 is 0 Å². The van der Waals surface area contributed by atoms with E-state index >= 15 is 0 Å². The monoisotopic (exact) mass is 362 g/mol. The lowest BCUT2D eigenvalue weighted by Gasteiger charge is -2.18. The topological polar surface area (TPSA) is 77.2 Å². The highest BCUT2D eigenvalue weighted by Crippen LogP contribution is 2.31. The Hall–Kier alpha value is -2.93. The maximum absolute atomic E-state index is 12.8. The van der Waals surface area contributed by atoms with Gasteiger partial charge in [-0.25, -0.2) is 9.97 Å². The second kappa shape index (κ2) is 6.35. The van der Waals surface area contributed by atoms with E-state index in [0.717, 1.165) is 42.8 Å². The Labute approximate surface area is 157 Å². The maximum atomic E-state index is 12.8. The summed E-state index contributed by atoms with van der Waals surface area (Å²) in [4.78, 5) is 29.1. The fraction of sp³-hybridized carbons (Fsp3) is 0.350. The zero-order valence-electron chi connectivity index (χ0n) is 15.2. The number of hydrogen-bond donors (Lipinski definition) is 2. The zero-order chi connectivity index (χ0) is 18.4. The number of fused-ring (bicyclic) bond motifs is 2. The largest absolute Gasteiger partial charge is 0.355 e. The highest BCUT2D eigenvalue weighted by Gasteiger charge is 2.40. The first kappa shape index (κ1) is 16.3. The van der Waals surface area contributed by atoms with Gasteiger partial charge in [-0.3, -0.25) is 4.79 Å². The Morgan fingerprint density at radius 1 is 1.19 bits per heavy atom. The van der Waals surface area contributed by atoms with E-state index in [1.54, 1.807) is 12.4 Å². The number of likely N-dealkylation sites (tertiary alicyclic amines) is 2. The van der Waals surface area contributed by atoms with E-state index in [0.29, 0.717) is 23.5 Å². The Kier molecular flexibility index (Phi) is 3.82. The molecule has 2 aliphatic rings. The summed E-state index contributed by atoms with van der Waals surface area (Å²) in [5.74, 6) is 1.81. The van der Waals surface area contributed by atoms with E-state index in [1.807, 2.05) is 35.2 Å². The van der Waals surface area contributed by atoms with Crippen LogP contribution in [0, 0.1) is 11.8 Å². The van der Waals surface area contributed by atoms with Crippen molar-refractivity contribution in [3.8, 4) is 0 Å². The van der Waals surface area contributed by atoms with Gasteiger partial charge < -0.3 is 20.1 Å². The number of nitrogens with one attached hydrogen (secondary N) is 2. The first-order chi connectivity index (χ1) is 13.2. The van der Waals surface area contributed by atoms with Crippen LogP contribution in [0.25, 0.3) is 10.9 Å². The van der Waals surface area contributed by atoms with Gasteiger partial charge in [0.05, 0.1) is 11.2 Å². The molecule has 1 aromatic carbocycles. The van der Waals surface area contributed by atoms with Gasteiger partial charge in [-0.2, -0.15) is 0 Å². The highest BCUT2D eigenvalue weighted by atomic mass is 16.2. The summed E-state index contributed by atoms with van der Waals surface area (Å²) in [5.41, 5.74) is 2.27. The number of benzene rings is 1. The van der Waals surface area contributed by atoms with Crippen LogP contribution in [0.2, 0.25) is 0 Å². The number of para-hydroxylation sites is 1. The number of rotatable bonds is 3. The van der Waals surface area contributed by atoms with Crippen LogP contribution in [0.4, 0.5) is 11.6 Å². The zero-order valence-corrected chi connectivity index (χ0v) is 15.2. The molecule has 7 heteroatoms. The van der Waals surface area contributed by atoms with Crippen molar-refractivity contribution in [2.45, 2.75) is 0 Å². The van der Waals surface area contributed by atoms with Crippen LogP contribution in [-0.4, -0.2) is 63.9 Å². The van der Waals surface area contributed by atoms with E-state index in [4.69, 9.17) is 0 Å². The number of nitrogens with zero attached hydrogens (tertiary/aromatic N) is 4. The predicted molar refractivity (Wildman–Crippen MR) is 104 cm³/mol. The molecule has 2 unspecified atom stereocenters. The van der Waals surface area contributed by atoms with Crippen molar-refractivity contribution >= 4 is 28.4 Å². The second-order valence-corrected chi connectivity index (χ2v) is 7.63. The fourth-order valence-electron chi connectivity index (χ4n) is 4.32. The molecule has 5 rings (SSSR count). The van der Waals surface area contributed by atoms with E-state index in [9.17, 15) is 4.79 Å². The smallest absolute Gasteiger partial charge is 0.270 e. The molecular formula is C20H22N6O. The van der Waals surface area contributed by atoms with Crippen molar-refractivity contribution in [1.29, 1.82) is 0 Å². The van der Waals surface area contributed by atoms with Crippen molar-refractivity contribution in [3.05, 3.63) is 48.4 Å². The van der Waals surface area contributed by atoms with Gasteiger partial charge in [0, 0.05) is 44.0 Å². The summed E-state index contributed by atoms with van der Waals surface area (Å²) >= 11 is 0. The Morgan fingerprint density at radius 3 is 2.78 bits per heavy atom. The molecule has 2 atom stereocenters. The predicted octanol–water partition coefficient (Wildman–Crippen LogP) is 2.34. The lowest BCUT2D eigenvalue weighted by atomic mass is 10.0. The fourth-order valence-corrected chi connectivity index (χ4v) is 4.32. The molecule has 0 radical (unpaired) electrons. The van der Waals surface area contributed by atoms with Crippen LogP contribution in [0.15, 0.2) is 42.7 Å². The van der Waals surface area contributed by atoms with Gasteiger partial charge in [0.1, 0.15) is 5.69 Å². The molecule has 27 heavy (non-hydrogen) atoms. The molecule has 4 heterocycles. The van der Waals surface area contributed by atoms with Gasteiger partial charge in [0.15, 0.2) is 0 Å². The molecule has 2 aromatic heterocycles. The van der Waals surface area contributed by atoms with Crippen molar-refractivity contribution < 1.29 is 4.79 Å². The van der Waals surface area contributed by atoms with Crippen LogP contribution >= 0.6 is 0 Å². The molecular weight excluding hydrogens is 340 g/mol. The van der Waals surface area contributed by atoms with Crippen molar-refractivity contribution in [1.82, 2.24) is 24.8 Å². The Bertz CT molecular complexity index is 985. The number of amides is 1. The minimum atomic E-state index is 0.0690. The number of aromatic nitrogens is 3. The van der Waals surface area contributed by atoms with E-state index in [-0.39, 0.29) is 5.91 Å². The summed E-state index contributed by atoms with van der Waals surface area (Å²) in [7, 11) is 2.16. The molecule has 2 N–H and O–H groups in total. The molecule has 2 aliphatic heterocycles. The standard InChI is InChI=1S/C20H22N6O/c1-25-9-14-11-26(12-15(14)10-25)19(27)18-6-16(8-21-18)23-20-22-7-13-4-2-3-5-17(13)24-20/h2-8,14-15,21H,9-12H2,1H3,(H,22,23,24). The van der Waals surface area contributed by atoms with Crippen LogP contribution in [0.5, 0.6) is 0 Å². The number of hydrogen-bond acceptors (Lipinski definition) is 5. The summed E-state index contributed by atoms with van der Waals surface area (Å²) < 4.78 is 0. The number of carbonyl (C=O) groups excluding carboxylic acids is 1. The van der Waals surface area contributed by atoms with Gasteiger partial charge >= 0.3 is 0 Å². The normalized spacial score (nSPS) is 22.3. The molecule has 138 valence electrons. The van der Waals surface area contributed by atoms with Gasteiger partial charge in [0.2, 0.25) is 5.95 Å². The second-order valence-electron chi connectivity index (χ2n) is 7.63. The number of carbonyl (C=O) groups is 1. The summed E-state index contributed by atoms with van der Waals surface area (Å²) in [6, 6.07) is 9.69. The van der Waals surface area contributed by atoms with Crippen LogP contribution in [0.3, 0.4) is 0 Å². The van der Waals surface area contributed by atoms with Gasteiger partial charge in [-0.1, -0.05) is 18.2 Å². The molecule has 0 saturated carbocycles. The lowest BCUT2D eigenvalue weighted by molar-refractivity contribution is 0.0771. The Balaban J connectivity index is 1.29. The van der Waals surface area contributed by atoms with Gasteiger partial charge in [-0.05, 0) is 31.0 Å². The SMILES string of the molecule is CN1CC2CN(C(=O)c3cc(Nc4ncc5ccccc5n4)c[nH]3)CC2C1. The minimum absolute atomic E-state index is 0.0690. The van der Waals surface area contributed by atoms with Gasteiger partial charge in [-0.15, -0.1) is 0 Å². The summed E-state index contributed by atoms with van der Waals surface area (Å²) in [6.45, 7) is 3.88. The van der Waals surface area contributed by atoms with E-state index in [2.05, 4.69) is 32.2 Å². The Morgan fingerprint density at radius 2 is 1.96 bits per heavy atom. The third-order valence-electron chi connectivity index (χ3n) is 5.61. The molecule has 1 amide bonds. The number of aromatic amines is 1. The highest BCUT2D eigenvalue weighted by molar-refractivity contribution is 5.94. The van der Waals surface area contributed by atoms with E-state index in [1.165, 1.54) is 0 Å². The average molecular weight is 362 g/mol. The third-order valence-corrected chi connectivity index (χ3v) is 5.61. The maximum Gasteiger partial charge on any atom is 0.270 e. The summed E-state index contributed by atoms with van der Waals surface area (Å²) in [6.07, 6.45) is 3.58.